The van der Waals surface area contributed by atoms with Crippen LogP contribution in [0.4, 0.5) is 26.3 Å². The first-order valence-electron chi connectivity index (χ1n) is 8.79. The van der Waals surface area contributed by atoms with Crippen molar-refractivity contribution in [3.05, 3.63) is 81.0 Å². The Morgan fingerprint density at radius 1 is 1.09 bits per heavy atom. The van der Waals surface area contributed by atoms with Gasteiger partial charge in [-0.05, 0) is 29.8 Å². The van der Waals surface area contributed by atoms with Gasteiger partial charge in [0.25, 0.3) is 11.5 Å². The Kier molecular flexibility index (Phi) is 5.97. The molecule has 0 unspecified atom stereocenters. The second-order valence-electron chi connectivity index (χ2n) is 6.68. The minimum Gasteiger partial charge on any atom is -0.501 e. The number of hydrogen-bond donors (Lipinski definition) is 2. The fourth-order valence-electron chi connectivity index (χ4n) is 2.87. The van der Waals surface area contributed by atoms with E-state index in [0.29, 0.717) is 12.1 Å². The number of rotatable bonds is 4. The Morgan fingerprint density at radius 2 is 1.72 bits per heavy atom. The Bertz CT molecular complexity index is 1240. The summed E-state index contributed by atoms with van der Waals surface area (Å²) in [6.45, 7) is -0.425. The normalized spacial score (nSPS) is 11.5. The molecule has 0 aliphatic carbocycles. The molecule has 0 saturated carbocycles. The number of nitrogens with one attached hydrogen (secondary N) is 1. The van der Waals surface area contributed by atoms with Crippen LogP contribution in [-0.4, -0.2) is 32.9 Å². The molecule has 3 aromatic rings. The number of alkyl halides is 3. The highest BCUT2D eigenvalue weighted by Gasteiger charge is 2.34. The zero-order valence-corrected chi connectivity index (χ0v) is 16.1. The smallest absolute Gasteiger partial charge is 0.419 e. The number of carbonyl (C=O) groups excluding carboxylic acids is 1. The number of aromatic amines is 1. The minimum absolute atomic E-state index is 0.0314. The lowest BCUT2D eigenvalue weighted by Crippen LogP contribution is -2.29. The average molecular weight is 457 g/mol. The van der Waals surface area contributed by atoms with E-state index >= 15 is 0 Å². The molecule has 1 heterocycles. The standard InChI is InChI=1S/C20H13F6N3O3/c1-29(8-9-5-6-10(13(23)7-9)20(24,25)26)19(32)15-16(30)18(31)28-17(27-15)14-11(21)3-2-4-12(14)22/h2-7,30H,8H2,1H3,(H,27,28,31). The van der Waals surface area contributed by atoms with Crippen LogP contribution in [0.25, 0.3) is 11.4 Å². The van der Waals surface area contributed by atoms with E-state index < -0.39 is 70.0 Å². The van der Waals surface area contributed by atoms with Crippen molar-refractivity contribution < 1.29 is 36.2 Å². The van der Waals surface area contributed by atoms with E-state index in [-0.39, 0.29) is 5.56 Å². The zero-order chi connectivity index (χ0) is 23.8. The third kappa shape index (κ3) is 4.43. The third-order valence-electron chi connectivity index (χ3n) is 4.40. The van der Waals surface area contributed by atoms with Crippen molar-refractivity contribution in [2.24, 2.45) is 0 Å². The van der Waals surface area contributed by atoms with E-state index in [1.54, 1.807) is 0 Å². The van der Waals surface area contributed by atoms with Gasteiger partial charge in [0.15, 0.2) is 5.69 Å². The van der Waals surface area contributed by atoms with E-state index in [0.717, 1.165) is 36.2 Å². The highest BCUT2D eigenvalue weighted by molar-refractivity contribution is 5.95. The number of amides is 1. The molecule has 32 heavy (non-hydrogen) atoms. The molecule has 2 N–H and O–H groups in total. The van der Waals surface area contributed by atoms with Crippen LogP contribution in [0.3, 0.4) is 0 Å². The summed E-state index contributed by atoms with van der Waals surface area (Å²) >= 11 is 0. The number of halogens is 6. The molecule has 0 spiro atoms. The van der Waals surface area contributed by atoms with Crippen LogP contribution in [0.5, 0.6) is 5.75 Å². The lowest BCUT2D eigenvalue weighted by atomic mass is 10.1. The van der Waals surface area contributed by atoms with Gasteiger partial charge in [0.05, 0.1) is 11.1 Å². The van der Waals surface area contributed by atoms with Crippen LogP contribution in [0.1, 0.15) is 21.6 Å². The van der Waals surface area contributed by atoms with Gasteiger partial charge in [0.2, 0.25) is 5.75 Å². The summed E-state index contributed by atoms with van der Waals surface area (Å²) in [5, 5.41) is 9.94. The van der Waals surface area contributed by atoms with Crippen LogP contribution in [0, 0.1) is 17.5 Å². The molecule has 1 amide bonds. The molecule has 6 nitrogen and oxygen atoms in total. The molecule has 0 radical (unpaired) electrons. The number of hydrogen-bond acceptors (Lipinski definition) is 4. The minimum atomic E-state index is -4.90. The Morgan fingerprint density at radius 3 is 2.28 bits per heavy atom. The zero-order valence-electron chi connectivity index (χ0n) is 16.1. The van der Waals surface area contributed by atoms with Crippen molar-refractivity contribution in [2.75, 3.05) is 7.05 Å². The van der Waals surface area contributed by atoms with Crippen molar-refractivity contribution in [1.82, 2.24) is 14.9 Å². The maximum atomic E-state index is 14.0. The van der Waals surface area contributed by atoms with E-state index in [4.69, 9.17) is 0 Å². The Hall–Kier alpha value is -3.83. The first-order valence-corrected chi connectivity index (χ1v) is 8.79. The van der Waals surface area contributed by atoms with Crippen molar-refractivity contribution in [3.8, 4) is 17.1 Å². The van der Waals surface area contributed by atoms with Gasteiger partial charge in [0.1, 0.15) is 23.3 Å². The third-order valence-corrected chi connectivity index (χ3v) is 4.40. The summed E-state index contributed by atoms with van der Waals surface area (Å²) in [5.74, 6) is -6.64. The molecule has 1 aromatic heterocycles. The second kappa shape index (κ2) is 8.36. The first kappa shape index (κ1) is 22.8. The van der Waals surface area contributed by atoms with E-state index in [9.17, 15) is 41.0 Å². The molecule has 0 aliphatic rings. The molecule has 2 aromatic carbocycles. The number of aromatic nitrogens is 2. The first-order chi connectivity index (χ1) is 14.9. The predicted octanol–water partition coefficient (Wildman–Crippen LogP) is 3.85. The number of H-pyrrole nitrogens is 1. The molecule has 0 aliphatic heterocycles. The average Bonchev–Trinajstić information content (AvgIpc) is 2.68. The van der Waals surface area contributed by atoms with Gasteiger partial charge < -0.3 is 15.0 Å². The van der Waals surface area contributed by atoms with Crippen molar-refractivity contribution >= 4 is 5.91 Å². The number of aromatic hydroxyl groups is 1. The molecular weight excluding hydrogens is 444 g/mol. The lowest BCUT2D eigenvalue weighted by molar-refractivity contribution is -0.140. The molecule has 168 valence electrons. The predicted molar refractivity (Wildman–Crippen MR) is 99.1 cm³/mol. The molecule has 0 fully saturated rings. The quantitative estimate of drug-likeness (QED) is 0.583. The lowest BCUT2D eigenvalue weighted by Gasteiger charge is -2.18. The van der Waals surface area contributed by atoms with Crippen molar-refractivity contribution in [3.63, 3.8) is 0 Å². The summed E-state index contributed by atoms with van der Waals surface area (Å²) in [5.41, 5.74) is -4.38. The van der Waals surface area contributed by atoms with Crippen LogP contribution >= 0.6 is 0 Å². The molecule has 0 atom stereocenters. The van der Waals surface area contributed by atoms with Crippen LogP contribution in [0.2, 0.25) is 0 Å². The van der Waals surface area contributed by atoms with Gasteiger partial charge in [-0.25, -0.2) is 18.2 Å². The summed E-state index contributed by atoms with van der Waals surface area (Å²) < 4.78 is 79.9. The molecule has 0 saturated heterocycles. The van der Waals surface area contributed by atoms with E-state index in [1.807, 2.05) is 4.98 Å². The van der Waals surface area contributed by atoms with Gasteiger partial charge in [0, 0.05) is 13.6 Å². The summed E-state index contributed by atoms with van der Waals surface area (Å²) in [6, 6.07) is 4.87. The molecule has 0 bridgehead atoms. The monoisotopic (exact) mass is 457 g/mol. The summed E-state index contributed by atoms with van der Waals surface area (Å²) in [6.07, 6.45) is -4.90. The van der Waals surface area contributed by atoms with Crippen LogP contribution in [-0.2, 0) is 12.7 Å². The molecule has 3 rings (SSSR count). The topological polar surface area (TPSA) is 86.3 Å². The fourth-order valence-corrected chi connectivity index (χ4v) is 2.87. The molecular formula is C20H13F6N3O3. The van der Waals surface area contributed by atoms with Gasteiger partial charge >= 0.3 is 6.18 Å². The number of carbonyl (C=O) groups is 1. The number of nitrogens with zero attached hydrogens (tertiary/aromatic N) is 2. The SMILES string of the molecule is CN(Cc1ccc(C(F)(F)F)c(F)c1)C(=O)c1nc(-c2c(F)cccc2F)[nH]c(=O)c1O. The maximum absolute atomic E-state index is 14.0. The van der Waals surface area contributed by atoms with Crippen molar-refractivity contribution in [2.45, 2.75) is 12.7 Å². The largest absolute Gasteiger partial charge is 0.501 e. The highest BCUT2D eigenvalue weighted by atomic mass is 19.4. The van der Waals surface area contributed by atoms with Gasteiger partial charge in [-0.3, -0.25) is 9.59 Å². The van der Waals surface area contributed by atoms with E-state index in [1.165, 1.54) is 0 Å². The Labute approximate surface area is 175 Å². The summed E-state index contributed by atoms with van der Waals surface area (Å²) in [4.78, 5) is 31.1. The van der Waals surface area contributed by atoms with Crippen LogP contribution < -0.4 is 5.56 Å². The second-order valence-corrected chi connectivity index (χ2v) is 6.68. The maximum Gasteiger partial charge on any atom is 0.419 e. The van der Waals surface area contributed by atoms with Gasteiger partial charge in [-0.1, -0.05) is 12.1 Å². The van der Waals surface area contributed by atoms with Crippen LogP contribution in [0.15, 0.2) is 41.2 Å². The fraction of sp³-hybridized carbons (Fsp3) is 0.150. The number of benzene rings is 2. The van der Waals surface area contributed by atoms with Crippen molar-refractivity contribution in [1.29, 1.82) is 0 Å². The van der Waals surface area contributed by atoms with Gasteiger partial charge in [-0.2, -0.15) is 13.2 Å². The Balaban J connectivity index is 1.95. The molecule has 12 heteroatoms. The summed E-state index contributed by atoms with van der Waals surface area (Å²) in [7, 11) is 1.14. The van der Waals surface area contributed by atoms with E-state index in [2.05, 4.69) is 4.98 Å². The van der Waals surface area contributed by atoms with Gasteiger partial charge in [-0.15, -0.1) is 0 Å². The highest BCUT2D eigenvalue weighted by Crippen LogP contribution is 2.32.